The van der Waals surface area contributed by atoms with Gasteiger partial charge in [-0.2, -0.15) is 0 Å². The molecule has 6 aromatic carbocycles. The summed E-state index contributed by atoms with van der Waals surface area (Å²) in [6, 6.07) is 55.0. The number of hydrogen-bond donors (Lipinski definition) is 0. The summed E-state index contributed by atoms with van der Waals surface area (Å²) in [4.78, 5) is 0. The fourth-order valence-corrected chi connectivity index (χ4v) is 7.77. The molecule has 1 saturated heterocycles. The number of halogens is 1. The van der Waals surface area contributed by atoms with Gasteiger partial charge in [-0.05, 0) is 64.1 Å². The topological polar surface area (TPSA) is 60.3 Å². The molecule has 8 rings (SSSR count). The second kappa shape index (κ2) is 19.5. The first-order valence-electron chi connectivity index (χ1n) is 19.8. The van der Waals surface area contributed by atoms with Gasteiger partial charge < -0.3 is 33.0 Å². The molecule has 0 bridgehead atoms. The smallest absolute Gasteiger partial charge is 0.163 e. The SMILES string of the molecule is COc1ccc(Cc2cn([C@@H]3O[C@H](COCc4ccccc4)[C@@H](OCc4ccccc4)[C@H](OCc4ccccc4)[C@H]3OCc3ccccc3)c3cc(Cl)ccc23)cc1. The van der Waals surface area contributed by atoms with Gasteiger partial charge in [0, 0.05) is 16.6 Å². The molecule has 58 heavy (non-hydrogen) atoms. The summed E-state index contributed by atoms with van der Waals surface area (Å²) >= 11 is 6.77. The van der Waals surface area contributed by atoms with Crippen molar-refractivity contribution >= 4 is 22.5 Å². The van der Waals surface area contributed by atoms with E-state index in [-0.39, 0.29) is 6.61 Å². The highest BCUT2D eigenvalue weighted by Crippen LogP contribution is 2.39. The Labute approximate surface area is 345 Å². The quantitative estimate of drug-likeness (QED) is 0.0915. The van der Waals surface area contributed by atoms with Gasteiger partial charge >= 0.3 is 0 Å². The average Bonchev–Trinajstić information content (AvgIpc) is 3.62. The predicted octanol–water partition coefficient (Wildman–Crippen LogP) is 10.8. The van der Waals surface area contributed by atoms with Crippen LogP contribution >= 0.6 is 11.6 Å². The molecular weight excluding hydrogens is 746 g/mol. The van der Waals surface area contributed by atoms with Crippen molar-refractivity contribution < 1.29 is 28.4 Å². The van der Waals surface area contributed by atoms with E-state index in [0.29, 0.717) is 37.9 Å². The summed E-state index contributed by atoms with van der Waals surface area (Å²) in [6.45, 7) is 1.75. The van der Waals surface area contributed by atoms with E-state index < -0.39 is 30.6 Å². The molecule has 0 saturated carbocycles. The molecule has 0 radical (unpaired) electrons. The van der Waals surface area contributed by atoms with Crippen molar-refractivity contribution in [2.24, 2.45) is 0 Å². The summed E-state index contributed by atoms with van der Waals surface area (Å²) < 4.78 is 42.4. The number of ether oxygens (including phenoxy) is 6. The van der Waals surface area contributed by atoms with E-state index in [0.717, 1.165) is 50.0 Å². The Bertz CT molecular complexity index is 2300. The van der Waals surface area contributed by atoms with Crippen LogP contribution in [0.4, 0.5) is 0 Å². The van der Waals surface area contributed by atoms with E-state index in [9.17, 15) is 0 Å². The lowest BCUT2D eigenvalue weighted by molar-refractivity contribution is -0.289. The van der Waals surface area contributed by atoms with Crippen molar-refractivity contribution in [1.29, 1.82) is 0 Å². The lowest BCUT2D eigenvalue weighted by atomic mass is 9.96. The molecule has 296 valence electrons. The molecule has 1 aliphatic rings. The fraction of sp³-hybridized carbons (Fsp3) is 0.240. The molecule has 1 aliphatic heterocycles. The maximum absolute atomic E-state index is 7.29. The van der Waals surface area contributed by atoms with Crippen LogP contribution in [0.25, 0.3) is 10.9 Å². The number of fused-ring (bicyclic) bond motifs is 1. The van der Waals surface area contributed by atoms with Gasteiger partial charge in [0.05, 0.1) is 45.7 Å². The minimum atomic E-state index is -0.642. The highest BCUT2D eigenvalue weighted by molar-refractivity contribution is 6.31. The highest BCUT2D eigenvalue weighted by Gasteiger charge is 2.49. The van der Waals surface area contributed by atoms with E-state index in [1.165, 1.54) is 0 Å². The zero-order valence-electron chi connectivity index (χ0n) is 32.6. The van der Waals surface area contributed by atoms with Crippen LogP contribution in [-0.4, -0.2) is 42.7 Å². The Hall–Kier alpha value is -5.25. The zero-order valence-corrected chi connectivity index (χ0v) is 33.3. The predicted molar refractivity (Wildman–Crippen MR) is 228 cm³/mol. The largest absolute Gasteiger partial charge is 0.497 e. The van der Waals surface area contributed by atoms with E-state index in [2.05, 4.69) is 77.5 Å². The van der Waals surface area contributed by atoms with Crippen LogP contribution in [0, 0.1) is 0 Å². The normalized spacial score (nSPS) is 19.3. The molecule has 0 N–H and O–H groups in total. The van der Waals surface area contributed by atoms with Gasteiger partial charge in [0.25, 0.3) is 0 Å². The molecular formula is C50H48ClNO6. The van der Waals surface area contributed by atoms with Gasteiger partial charge in [0.15, 0.2) is 6.23 Å². The van der Waals surface area contributed by atoms with Crippen LogP contribution in [0.5, 0.6) is 5.75 Å². The van der Waals surface area contributed by atoms with Gasteiger partial charge in [-0.25, -0.2) is 0 Å². The number of rotatable bonds is 17. The van der Waals surface area contributed by atoms with Crippen LogP contribution in [-0.2, 0) is 56.5 Å². The molecule has 0 aliphatic carbocycles. The lowest BCUT2D eigenvalue weighted by Crippen LogP contribution is -2.59. The Morgan fingerprint density at radius 2 is 1.07 bits per heavy atom. The summed E-state index contributed by atoms with van der Waals surface area (Å²) in [5.74, 6) is 0.818. The van der Waals surface area contributed by atoms with Crippen molar-refractivity contribution in [1.82, 2.24) is 4.57 Å². The molecule has 0 amide bonds. The number of methoxy groups -OCH3 is 1. The molecule has 7 aromatic rings. The Morgan fingerprint density at radius 1 is 0.552 bits per heavy atom. The van der Waals surface area contributed by atoms with Gasteiger partial charge in [-0.15, -0.1) is 0 Å². The van der Waals surface area contributed by atoms with E-state index in [4.69, 9.17) is 40.0 Å². The van der Waals surface area contributed by atoms with Crippen LogP contribution < -0.4 is 4.74 Å². The summed E-state index contributed by atoms with van der Waals surface area (Å²) in [5, 5.41) is 1.70. The Kier molecular flexibility index (Phi) is 13.3. The first-order chi connectivity index (χ1) is 28.6. The number of benzene rings is 6. The third-order valence-corrected chi connectivity index (χ3v) is 10.8. The average molecular weight is 794 g/mol. The summed E-state index contributed by atoms with van der Waals surface area (Å²) in [6.07, 6.45) is -0.0421. The maximum atomic E-state index is 7.29. The third kappa shape index (κ3) is 9.88. The molecule has 1 fully saturated rings. The van der Waals surface area contributed by atoms with Crippen LogP contribution in [0.3, 0.4) is 0 Å². The summed E-state index contributed by atoms with van der Waals surface area (Å²) in [5.41, 5.74) is 7.43. The molecule has 8 heteroatoms. The number of nitrogens with zero attached hydrogens (tertiary/aromatic N) is 1. The molecule has 0 spiro atoms. The third-order valence-electron chi connectivity index (χ3n) is 10.6. The first kappa shape index (κ1) is 39.6. The Morgan fingerprint density at radius 3 is 1.62 bits per heavy atom. The monoisotopic (exact) mass is 793 g/mol. The highest BCUT2D eigenvalue weighted by atomic mass is 35.5. The van der Waals surface area contributed by atoms with Crippen molar-refractivity contribution in [2.75, 3.05) is 13.7 Å². The molecule has 5 atom stereocenters. The van der Waals surface area contributed by atoms with E-state index >= 15 is 0 Å². The maximum Gasteiger partial charge on any atom is 0.163 e. The van der Waals surface area contributed by atoms with Gasteiger partial charge in [0.1, 0.15) is 30.2 Å². The van der Waals surface area contributed by atoms with Crippen molar-refractivity contribution in [2.45, 2.75) is 63.5 Å². The second-order valence-corrected chi connectivity index (χ2v) is 15.0. The van der Waals surface area contributed by atoms with Crippen LogP contribution in [0.1, 0.15) is 39.6 Å². The fourth-order valence-electron chi connectivity index (χ4n) is 7.60. The van der Waals surface area contributed by atoms with Gasteiger partial charge in [0.2, 0.25) is 0 Å². The van der Waals surface area contributed by atoms with Gasteiger partial charge in [-0.3, -0.25) is 0 Å². The summed E-state index contributed by atoms with van der Waals surface area (Å²) in [7, 11) is 1.68. The van der Waals surface area contributed by atoms with Crippen LogP contribution in [0.2, 0.25) is 5.02 Å². The number of aromatic nitrogens is 1. The van der Waals surface area contributed by atoms with Crippen molar-refractivity contribution in [3.05, 3.63) is 208 Å². The minimum Gasteiger partial charge on any atom is -0.497 e. The standard InChI is InChI=1S/C50H48ClNO6/c1-53-43-25-22-36(23-26-43)28-41-30-52(45-29-42(51)24-27-44(41)45)50-49(57-34-40-20-12-5-13-21-40)48(56-33-39-18-10-4-11-19-39)47(55-32-38-16-8-3-9-17-38)46(58-50)35-54-31-37-14-6-2-7-15-37/h2-27,29-30,46-50H,28,31-35H2,1H3/t46-,47-,48+,49-,50-/m1/s1. The minimum absolute atomic E-state index is 0.264. The lowest BCUT2D eigenvalue weighted by Gasteiger charge is -2.46. The first-order valence-corrected chi connectivity index (χ1v) is 20.1. The van der Waals surface area contributed by atoms with Gasteiger partial charge in [-0.1, -0.05) is 151 Å². The second-order valence-electron chi connectivity index (χ2n) is 14.6. The van der Waals surface area contributed by atoms with E-state index in [1.54, 1.807) is 7.11 Å². The van der Waals surface area contributed by atoms with Crippen molar-refractivity contribution in [3.8, 4) is 5.75 Å². The molecule has 0 unspecified atom stereocenters. The molecule has 7 nitrogen and oxygen atoms in total. The van der Waals surface area contributed by atoms with E-state index in [1.807, 2.05) is 97.1 Å². The molecule has 1 aromatic heterocycles. The Balaban J connectivity index is 1.21. The zero-order chi connectivity index (χ0) is 39.5. The molecule has 2 heterocycles. The number of hydrogen-bond acceptors (Lipinski definition) is 6. The van der Waals surface area contributed by atoms with Crippen molar-refractivity contribution in [3.63, 3.8) is 0 Å². The van der Waals surface area contributed by atoms with Crippen LogP contribution in [0.15, 0.2) is 170 Å².